The number of amides is 1. The number of likely N-dealkylation sites (N-methyl/N-ethyl adjacent to an activating group) is 1. The first kappa shape index (κ1) is 13.6. The molecule has 3 rings (SSSR count). The molecule has 0 bridgehead atoms. The summed E-state index contributed by atoms with van der Waals surface area (Å²) >= 11 is 0. The lowest BCUT2D eigenvalue weighted by Gasteiger charge is -2.33. The zero-order valence-corrected chi connectivity index (χ0v) is 11.9. The molecule has 4 heteroatoms. The molecule has 2 heterocycles. The van der Waals surface area contributed by atoms with E-state index in [9.17, 15) is 9.18 Å². The van der Waals surface area contributed by atoms with E-state index >= 15 is 0 Å². The molecule has 2 atom stereocenters. The Hall–Kier alpha value is -1.42. The molecule has 1 aromatic carbocycles. The van der Waals surface area contributed by atoms with Gasteiger partial charge in [-0.2, -0.15) is 0 Å². The van der Waals surface area contributed by atoms with Crippen LogP contribution >= 0.6 is 0 Å². The third-order valence-corrected chi connectivity index (χ3v) is 4.65. The van der Waals surface area contributed by atoms with Gasteiger partial charge in [-0.05, 0) is 57.5 Å². The van der Waals surface area contributed by atoms with Crippen LogP contribution in [0.25, 0.3) is 0 Å². The van der Waals surface area contributed by atoms with Crippen LogP contribution in [0.1, 0.15) is 36.0 Å². The number of rotatable bonds is 2. The topological polar surface area (TPSA) is 23.6 Å². The standard InChI is InChI=1S/C16H21FN2O/c1-18-9-3-7-14(18)15-8-4-10-19(15)16(20)12-5-2-6-13(17)11-12/h2,5-6,11,14-15H,3-4,7-10H2,1H3/t14-,15+/m1/s1. The Bertz CT molecular complexity index is 505. The van der Waals surface area contributed by atoms with Crippen LogP contribution in [0, 0.1) is 5.82 Å². The van der Waals surface area contributed by atoms with Crippen LogP contribution in [-0.2, 0) is 0 Å². The first-order valence-electron chi connectivity index (χ1n) is 7.43. The average Bonchev–Trinajstić information content (AvgIpc) is 3.06. The van der Waals surface area contributed by atoms with Crippen LogP contribution in [0.2, 0.25) is 0 Å². The molecule has 2 aliphatic rings. The van der Waals surface area contributed by atoms with Crippen molar-refractivity contribution >= 4 is 5.91 Å². The fourth-order valence-corrected chi connectivity index (χ4v) is 3.65. The Morgan fingerprint density at radius 1 is 1.20 bits per heavy atom. The monoisotopic (exact) mass is 276 g/mol. The van der Waals surface area contributed by atoms with E-state index in [1.165, 1.54) is 18.6 Å². The molecule has 0 aromatic heterocycles. The minimum Gasteiger partial charge on any atom is -0.334 e. The van der Waals surface area contributed by atoms with Gasteiger partial charge in [0.2, 0.25) is 0 Å². The van der Waals surface area contributed by atoms with Gasteiger partial charge in [0.1, 0.15) is 5.82 Å². The van der Waals surface area contributed by atoms with E-state index in [1.54, 1.807) is 12.1 Å². The van der Waals surface area contributed by atoms with Gasteiger partial charge in [0.25, 0.3) is 5.91 Å². The molecular weight excluding hydrogens is 255 g/mol. The van der Waals surface area contributed by atoms with Crippen LogP contribution in [0.4, 0.5) is 4.39 Å². The van der Waals surface area contributed by atoms with Gasteiger partial charge in [-0.15, -0.1) is 0 Å². The van der Waals surface area contributed by atoms with Gasteiger partial charge in [-0.1, -0.05) is 6.07 Å². The minimum atomic E-state index is -0.343. The number of halogens is 1. The Kier molecular flexibility index (Phi) is 3.74. The third kappa shape index (κ3) is 2.44. The molecule has 108 valence electrons. The molecular formula is C16H21FN2O. The number of likely N-dealkylation sites (tertiary alicyclic amines) is 2. The summed E-state index contributed by atoms with van der Waals surface area (Å²) in [6.45, 7) is 1.91. The van der Waals surface area contributed by atoms with Crippen LogP contribution in [0.15, 0.2) is 24.3 Å². The molecule has 0 unspecified atom stereocenters. The van der Waals surface area contributed by atoms with E-state index in [0.717, 1.165) is 32.4 Å². The molecule has 3 nitrogen and oxygen atoms in total. The van der Waals surface area contributed by atoms with Gasteiger partial charge in [0.05, 0.1) is 0 Å². The number of nitrogens with zero attached hydrogens (tertiary/aromatic N) is 2. The molecule has 0 spiro atoms. The Labute approximate surface area is 119 Å². The lowest BCUT2D eigenvalue weighted by Crippen LogP contribution is -2.47. The minimum absolute atomic E-state index is 0.0210. The molecule has 2 aliphatic heterocycles. The number of carbonyl (C=O) groups excluding carboxylic acids is 1. The summed E-state index contributed by atoms with van der Waals surface area (Å²) < 4.78 is 13.3. The zero-order chi connectivity index (χ0) is 14.1. The van der Waals surface area contributed by atoms with Crippen LogP contribution in [0.3, 0.4) is 0 Å². The molecule has 0 radical (unpaired) electrons. The molecule has 2 saturated heterocycles. The van der Waals surface area contributed by atoms with E-state index in [-0.39, 0.29) is 11.7 Å². The molecule has 1 amide bonds. The third-order valence-electron chi connectivity index (χ3n) is 4.65. The first-order valence-corrected chi connectivity index (χ1v) is 7.43. The normalized spacial score (nSPS) is 27.2. The Morgan fingerprint density at radius 2 is 1.95 bits per heavy atom. The average molecular weight is 276 g/mol. The quantitative estimate of drug-likeness (QED) is 0.828. The molecule has 0 saturated carbocycles. The summed E-state index contributed by atoms with van der Waals surface area (Å²) in [5.74, 6) is -0.364. The maximum atomic E-state index is 13.3. The van der Waals surface area contributed by atoms with Gasteiger partial charge in [0.15, 0.2) is 0 Å². The second-order valence-electron chi connectivity index (χ2n) is 5.91. The van der Waals surface area contributed by atoms with Crippen molar-refractivity contribution in [2.75, 3.05) is 20.1 Å². The number of hydrogen-bond acceptors (Lipinski definition) is 2. The van der Waals surface area contributed by atoms with Crippen molar-refractivity contribution in [1.82, 2.24) is 9.80 Å². The van der Waals surface area contributed by atoms with E-state index in [1.807, 2.05) is 4.90 Å². The van der Waals surface area contributed by atoms with Gasteiger partial charge in [-0.3, -0.25) is 4.79 Å². The molecule has 0 aliphatic carbocycles. The first-order chi connectivity index (χ1) is 9.66. The van der Waals surface area contributed by atoms with Crippen molar-refractivity contribution in [3.05, 3.63) is 35.6 Å². The van der Waals surface area contributed by atoms with Gasteiger partial charge in [-0.25, -0.2) is 4.39 Å². The van der Waals surface area contributed by atoms with E-state index in [0.29, 0.717) is 17.6 Å². The second-order valence-corrected chi connectivity index (χ2v) is 5.91. The van der Waals surface area contributed by atoms with E-state index in [2.05, 4.69) is 11.9 Å². The van der Waals surface area contributed by atoms with Gasteiger partial charge in [0, 0.05) is 24.2 Å². The summed E-state index contributed by atoms with van der Waals surface area (Å²) in [7, 11) is 2.14. The summed E-state index contributed by atoms with van der Waals surface area (Å²) in [5.41, 5.74) is 0.470. The highest BCUT2D eigenvalue weighted by molar-refractivity contribution is 5.94. The van der Waals surface area contributed by atoms with E-state index in [4.69, 9.17) is 0 Å². The van der Waals surface area contributed by atoms with Crippen molar-refractivity contribution in [1.29, 1.82) is 0 Å². The largest absolute Gasteiger partial charge is 0.334 e. The fourth-order valence-electron chi connectivity index (χ4n) is 3.65. The van der Waals surface area contributed by atoms with Crippen LogP contribution in [0.5, 0.6) is 0 Å². The number of carbonyl (C=O) groups is 1. The number of benzene rings is 1. The van der Waals surface area contributed by atoms with Crippen molar-refractivity contribution in [2.45, 2.75) is 37.8 Å². The second kappa shape index (κ2) is 5.52. The highest BCUT2D eigenvalue weighted by Gasteiger charge is 2.38. The number of hydrogen-bond donors (Lipinski definition) is 0. The lowest BCUT2D eigenvalue weighted by atomic mass is 10.0. The molecule has 1 aromatic rings. The summed E-state index contributed by atoms with van der Waals surface area (Å²) in [6, 6.07) is 6.79. The maximum Gasteiger partial charge on any atom is 0.254 e. The smallest absolute Gasteiger partial charge is 0.254 e. The van der Waals surface area contributed by atoms with Crippen molar-refractivity contribution < 1.29 is 9.18 Å². The van der Waals surface area contributed by atoms with Gasteiger partial charge >= 0.3 is 0 Å². The predicted molar refractivity (Wildman–Crippen MR) is 76.1 cm³/mol. The van der Waals surface area contributed by atoms with Crippen LogP contribution < -0.4 is 0 Å². The summed E-state index contributed by atoms with van der Waals surface area (Å²) in [5, 5.41) is 0. The van der Waals surface area contributed by atoms with Crippen LogP contribution in [-0.4, -0.2) is 47.9 Å². The van der Waals surface area contributed by atoms with E-state index < -0.39 is 0 Å². The predicted octanol–water partition coefficient (Wildman–Crippen LogP) is 2.52. The zero-order valence-electron chi connectivity index (χ0n) is 11.9. The van der Waals surface area contributed by atoms with Crippen molar-refractivity contribution in [3.63, 3.8) is 0 Å². The molecule has 20 heavy (non-hydrogen) atoms. The SMILES string of the molecule is CN1CCC[C@@H]1[C@@H]1CCCN1C(=O)c1cccc(F)c1. The summed E-state index contributed by atoms with van der Waals surface area (Å²) in [4.78, 5) is 16.9. The molecule has 2 fully saturated rings. The Morgan fingerprint density at radius 3 is 2.65 bits per heavy atom. The highest BCUT2D eigenvalue weighted by Crippen LogP contribution is 2.30. The summed E-state index contributed by atoms with van der Waals surface area (Å²) in [6.07, 6.45) is 4.49. The highest BCUT2D eigenvalue weighted by atomic mass is 19.1. The fraction of sp³-hybridized carbons (Fsp3) is 0.562. The maximum absolute atomic E-state index is 13.3. The molecule has 0 N–H and O–H groups in total. The lowest BCUT2D eigenvalue weighted by molar-refractivity contribution is 0.0664. The Balaban J connectivity index is 1.79. The van der Waals surface area contributed by atoms with Crippen molar-refractivity contribution in [2.24, 2.45) is 0 Å². The van der Waals surface area contributed by atoms with Gasteiger partial charge < -0.3 is 9.80 Å². The van der Waals surface area contributed by atoms with Crippen molar-refractivity contribution in [3.8, 4) is 0 Å².